The van der Waals surface area contributed by atoms with Gasteiger partial charge in [0.2, 0.25) is 0 Å². The molecule has 1 radical (unpaired) electrons. The van der Waals surface area contributed by atoms with Crippen LogP contribution in [0.5, 0.6) is 0 Å². The lowest BCUT2D eigenvalue weighted by Gasteiger charge is -1.96. The van der Waals surface area contributed by atoms with E-state index in [1.165, 1.54) is 15.6 Å². The maximum absolute atomic E-state index is 2.18. The Labute approximate surface area is 70.5 Å². The summed E-state index contributed by atoms with van der Waals surface area (Å²) < 4.78 is 1.38. The van der Waals surface area contributed by atoms with Gasteiger partial charge in [-0.05, 0) is 34.9 Å². The summed E-state index contributed by atoms with van der Waals surface area (Å²) >= 11 is 1.80. The molecule has 2 aromatic rings. The first-order chi connectivity index (χ1) is 5.42. The van der Waals surface area contributed by atoms with Gasteiger partial charge in [-0.15, -0.1) is 11.3 Å². The van der Waals surface area contributed by atoms with Crippen LogP contribution in [0.15, 0.2) is 29.6 Å². The third kappa shape index (κ3) is 1.05. The highest BCUT2D eigenvalue weighted by atomic mass is 32.1. The standard InChI is InChI=1S/C10H9S/c1-2-8-4-3-5-10-9(8)6-7-11-10/h2-7H,1H3. The van der Waals surface area contributed by atoms with Crippen molar-refractivity contribution in [2.24, 2.45) is 0 Å². The minimum absolute atomic E-state index is 1.34. The monoisotopic (exact) mass is 161 g/mol. The van der Waals surface area contributed by atoms with Gasteiger partial charge in [0.25, 0.3) is 0 Å². The molecule has 0 fully saturated rings. The zero-order chi connectivity index (χ0) is 7.68. The van der Waals surface area contributed by atoms with Crippen LogP contribution >= 0.6 is 11.3 Å². The molecule has 0 bridgehead atoms. The van der Waals surface area contributed by atoms with Gasteiger partial charge in [0.1, 0.15) is 0 Å². The highest BCUT2D eigenvalue weighted by Crippen LogP contribution is 2.24. The molecule has 1 aromatic carbocycles. The third-order valence-electron chi connectivity index (χ3n) is 1.84. The Morgan fingerprint density at radius 2 is 2.18 bits per heavy atom. The van der Waals surface area contributed by atoms with Crippen LogP contribution in [-0.4, -0.2) is 0 Å². The fourth-order valence-electron chi connectivity index (χ4n) is 1.27. The van der Waals surface area contributed by atoms with Crippen molar-refractivity contribution < 1.29 is 0 Å². The van der Waals surface area contributed by atoms with Gasteiger partial charge in [-0.1, -0.05) is 19.1 Å². The molecule has 1 aromatic heterocycles. The predicted octanol–water partition coefficient (Wildman–Crippen LogP) is 3.47. The first-order valence-corrected chi connectivity index (χ1v) is 4.55. The molecular formula is C10H9S. The molecular weight excluding hydrogens is 152 g/mol. The fraction of sp³-hybridized carbons (Fsp3) is 0.100. The molecule has 0 saturated carbocycles. The van der Waals surface area contributed by atoms with E-state index in [-0.39, 0.29) is 0 Å². The van der Waals surface area contributed by atoms with Gasteiger partial charge in [-0.3, -0.25) is 0 Å². The molecule has 0 amide bonds. The number of hydrogen-bond donors (Lipinski definition) is 0. The molecule has 0 aliphatic rings. The normalized spacial score (nSPS) is 10.6. The molecule has 55 valence electrons. The Hall–Kier alpha value is -0.820. The zero-order valence-corrected chi connectivity index (χ0v) is 7.19. The Balaban J connectivity index is 2.79. The molecule has 0 unspecified atom stereocenters. The van der Waals surface area contributed by atoms with Crippen molar-refractivity contribution in [3.63, 3.8) is 0 Å². The Bertz CT molecular complexity index is 360. The van der Waals surface area contributed by atoms with Crippen molar-refractivity contribution in [3.8, 4) is 0 Å². The summed E-state index contributed by atoms with van der Waals surface area (Å²) in [7, 11) is 0. The lowest BCUT2D eigenvalue weighted by Crippen LogP contribution is -1.75. The second-order valence-corrected chi connectivity index (χ2v) is 3.42. The second kappa shape index (κ2) is 2.67. The van der Waals surface area contributed by atoms with E-state index in [9.17, 15) is 0 Å². The summed E-state index contributed by atoms with van der Waals surface area (Å²) in [5, 5.41) is 3.51. The summed E-state index contributed by atoms with van der Waals surface area (Å²) in [5.74, 6) is 0. The molecule has 0 aliphatic heterocycles. The summed E-state index contributed by atoms with van der Waals surface area (Å²) in [6.45, 7) is 2.08. The van der Waals surface area contributed by atoms with E-state index in [1.54, 1.807) is 11.3 Å². The molecule has 0 atom stereocenters. The highest BCUT2D eigenvalue weighted by Gasteiger charge is 1.97. The lowest BCUT2D eigenvalue weighted by atomic mass is 10.1. The molecule has 0 N–H and O–H groups in total. The fourth-order valence-corrected chi connectivity index (χ4v) is 2.09. The predicted molar refractivity (Wildman–Crippen MR) is 50.9 cm³/mol. The SMILES string of the molecule is C[CH]c1cccc2sccc12. The van der Waals surface area contributed by atoms with E-state index in [2.05, 4.69) is 43.0 Å². The number of fused-ring (bicyclic) bond motifs is 1. The minimum Gasteiger partial charge on any atom is -0.144 e. The van der Waals surface area contributed by atoms with Gasteiger partial charge >= 0.3 is 0 Å². The van der Waals surface area contributed by atoms with E-state index in [4.69, 9.17) is 0 Å². The molecule has 2 rings (SSSR count). The molecule has 1 heterocycles. The Kier molecular flexibility index (Phi) is 1.66. The van der Waals surface area contributed by atoms with Crippen LogP contribution in [0.4, 0.5) is 0 Å². The van der Waals surface area contributed by atoms with Crippen LogP contribution in [-0.2, 0) is 0 Å². The van der Waals surface area contributed by atoms with Gasteiger partial charge in [-0.2, -0.15) is 0 Å². The van der Waals surface area contributed by atoms with Crippen LogP contribution in [0.2, 0.25) is 0 Å². The molecule has 0 aliphatic carbocycles. The van der Waals surface area contributed by atoms with Crippen LogP contribution in [0.25, 0.3) is 10.1 Å². The van der Waals surface area contributed by atoms with Crippen molar-refractivity contribution in [2.45, 2.75) is 6.92 Å². The summed E-state index contributed by atoms with van der Waals surface area (Å²) in [5.41, 5.74) is 1.34. The van der Waals surface area contributed by atoms with Gasteiger partial charge in [0.05, 0.1) is 0 Å². The molecule has 11 heavy (non-hydrogen) atoms. The summed E-state index contributed by atoms with van der Waals surface area (Å²) in [4.78, 5) is 0. The van der Waals surface area contributed by atoms with Gasteiger partial charge < -0.3 is 0 Å². The average Bonchev–Trinajstić information content (AvgIpc) is 2.50. The van der Waals surface area contributed by atoms with Crippen LogP contribution < -0.4 is 0 Å². The summed E-state index contributed by atoms with van der Waals surface area (Å²) in [6.07, 6.45) is 2.15. The van der Waals surface area contributed by atoms with Crippen molar-refractivity contribution in [1.29, 1.82) is 0 Å². The van der Waals surface area contributed by atoms with E-state index in [0.29, 0.717) is 0 Å². The van der Waals surface area contributed by atoms with Crippen molar-refractivity contribution in [3.05, 3.63) is 41.6 Å². The zero-order valence-electron chi connectivity index (χ0n) is 6.37. The third-order valence-corrected chi connectivity index (χ3v) is 2.72. The van der Waals surface area contributed by atoms with E-state index in [0.717, 1.165) is 0 Å². The number of thiophene rings is 1. The topological polar surface area (TPSA) is 0 Å². The molecule has 1 heteroatoms. The highest BCUT2D eigenvalue weighted by molar-refractivity contribution is 7.17. The molecule has 0 nitrogen and oxygen atoms in total. The largest absolute Gasteiger partial charge is 0.144 e. The van der Waals surface area contributed by atoms with E-state index >= 15 is 0 Å². The molecule has 0 spiro atoms. The van der Waals surface area contributed by atoms with Gasteiger partial charge in [-0.25, -0.2) is 0 Å². The van der Waals surface area contributed by atoms with Crippen LogP contribution in [0.3, 0.4) is 0 Å². The van der Waals surface area contributed by atoms with Crippen molar-refractivity contribution in [1.82, 2.24) is 0 Å². The maximum atomic E-state index is 2.18. The van der Waals surface area contributed by atoms with Gasteiger partial charge in [0.15, 0.2) is 0 Å². The quantitative estimate of drug-likeness (QED) is 0.600. The second-order valence-electron chi connectivity index (χ2n) is 2.47. The lowest BCUT2D eigenvalue weighted by molar-refractivity contribution is 1.47. The van der Waals surface area contributed by atoms with Crippen LogP contribution in [0, 0.1) is 6.42 Å². The first-order valence-electron chi connectivity index (χ1n) is 3.67. The van der Waals surface area contributed by atoms with Gasteiger partial charge in [0, 0.05) is 4.70 Å². The van der Waals surface area contributed by atoms with E-state index in [1.807, 2.05) is 0 Å². The summed E-state index contributed by atoms with van der Waals surface area (Å²) in [6, 6.07) is 8.59. The Morgan fingerprint density at radius 3 is 3.00 bits per heavy atom. The average molecular weight is 161 g/mol. The number of hydrogen-bond acceptors (Lipinski definition) is 1. The van der Waals surface area contributed by atoms with Crippen LogP contribution in [0.1, 0.15) is 12.5 Å². The van der Waals surface area contributed by atoms with Crippen molar-refractivity contribution in [2.75, 3.05) is 0 Å². The maximum Gasteiger partial charge on any atom is 0.0345 e. The number of rotatable bonds is 1. The van der Waals surface area contributed by atoms with E-state index < -0.39 is 0 Å². The smallest absolute Gasteiger partial charge is 0.0345 e. The number of benzene rings is 1. The first kappa shape index (κ1) is 6.86. The Morgan fingerprint density at radius 1 is 1.27 bits per heavy atom. The van der Waals surface area contributed by atoms with Crippen molar-refractivity contribution >= 4 is 21.4 Å². The minimum atomic E-state index is 1.34. The molecule has 0 saturated heterocycles.